The molecule has 2 rings (SSSR count). The van der Waals surface area contributed by atoms with Gasteiger partial charge in [0.15, 0.2) is 5.96 Å². The zero-order valence-corrected chi connectivity index (χ0v) is 19.2. The summed E-state index contributed by atoms with van der Waals surface area (Å²) in [6.07, 6.45) is 9.15. The Morgan fingerprint density at radius 1 is 1.35 bits per heavy atom. The summed E-state index contributed by atoms with van der Waals surface area (Å²) < 4.78 is 2.21. The summed E-state index contributed by atoms with van der Waals surface area (Å²) in [5.74, 6) is 2.52. The number of rotatable bonds is 8. The van der Waals surface area contributed by atoms with Crippen molar-refractivity contribution in [3.63, 3.8) is 0 Å². The molecule has 150 valence electrons. The van der Waals surface area contributed by atoms with Crippen molar-refractivity contribution in [2.24, 2.45) is 10.9 Å². The summed E-state index contributed by atoms with van der Waals surface area (Å²) in [5, 5.41) is 6.80. The predicted molar refractivity (Wildman–Crippen MR) is 120 cm³/mol. The monoisotopic (exact) mass is 476 g/mol. The Bertz CT molecular complexity index is 528. The highest BCUT2D eigenvalue weighted by Crippen LogP contribution is 2.16. The van der Waals surface area contributed by atoms with Crippen molar-refractivity contribution >= 4 is 29.9 Å². The van der Waals surface area contributed by atoms with Crippen LogP contribution in [0.15, 0.2) is 17.4 Å². The number of aliphatic imine (C=N–C) groups is 1. The van der Waals surface area contributed by atoms with E-state index < -0.39 is 0 Å². The number of hydrogen-bond acceptors (Lipinski definition) is 3. The summed E-state index contributed by atoms with van der Waals surface area (Å²) in [6, 6.07) is 0.742. The number of halogens is 1. The molecule has 6 nitrogen and oxygen atoms in total. The molecule has 26 heavy (non-hydrogen) atoms. The van der Waals surface area contributed by atoms with Gasteiger partial charge in [0.05, 0.1) is 6.54 Å². The lowest BCUT2D eigenvalue weighted by Crippen LogP contribution is -2.41. The molecule has 1 atom stereocenters. The van der Waals surface area contributed by atoms with E-state index in [4.69, 9.17) is 0 Å². The minimum Gasteiger partial charge on any atom is -0.356 e. The maximum absolute atomic E-state index is 4.45. The molecule has 1 saturated heterocycles. The van der Waals surface area contributed by atoms with Crippen molar-refractivity contribution in [1.29, 1.82) is 0 Å². The topological polar surface area (TPSA) is 57.5 Å². The van der Waals surface area contributed by atoms with E-state index >= 15 is 0 Å². The molecule has 0 aliphatic carbocycles. The zero-order chi connectivity index (χ0) is 18.1. The van der Waals surface area contributed by atoms with Crippen LogP contribution in [-0.2, 0) is 13.1 Å². The largest absolute Gasteiger partial charge is 0.356 e. The molecular formula is C19H37IN6. The van der Waals surface area contributed by atoms with E-state index in [2.05, 4.69) is 50.8 Å². The van der Waals surface area contributed by atoms with E-state index in [0.717, 1.165) is 37.3 Å². The lowest BCUT2D eigenvalue weighted by Gasteiger charge is -2.33. The van der Waals surface area contributed by atoms with Crippen LogP contribution in [0, 0.1) is 5.92 Å². The SMILES string of the molecule is CN=C(NCCCN1CCCCC1C)NCc1nccn1CC(C)C.I. The third kappa shape index (κ3) is 7.82. The van der Waals surface area contributed by atoms with Crippen molar-refractivity contribution in [3.8, 4) is 0 Å². The Kier molecular flexibility index (Phi) is 11.2. The molecule has 1 aliphatic rings. The molecule has 2 N–H and O–H groups in total. The van der Waals surface area contributed by atoms with Gasteiger partial charge in [-0.3, -0.25) is 4.99 Å². The first kappa shape index (κ1) is 23.2. The molecule has 0 radical (unpaired) electrons. The number of guanidine groups is 1. The summed E-state index contributed by atoms with van der Waals surface area (Å²) >= 11 is 0. The first-order valence-electron chi connectivity index (χ1n) is 9.78. The van der Waals surface area contributed by atoms with E-state index in [1.54, 1.807) is 0 Å². The Labute approximate surface area is 176 Å². The second-order valence-corrected chi connectivity index (χ2v) is 7.48. The minimum atomic E-state index is 0. The van der Waals surface area contributed by atoms with Crippen LogP contribution < -0.4 is 10.6 Å². The molecule has 0 spiro atoms. The Morgan fingerprint density at radius 3 is 2.85 bits per heavy atom. The van der Waals surface area contributed by atoms with E-state index in [0.29, 0.717) is 12.5 Å². The van der Waals surface area contributed by atoms with Crippen LogP contribution in [0.3, 0.4) is 0 Å². The number of aromatic nitrogens is 2. The van der Waals surface area contributed by atoms with Crippen molar-refractivity contribution in [1.82, 2.24) is 25.1 Å². The quantitative estimate of drug-likeness (QED) is 0.262. The highest BCUT2D eigenvalue weighted by atomic mass is 127. The van der Waals surface area contributed by atoms with Crippen LogP contribution in [0.2, 0.25) is 0 Å². The second kappa shape index (κ2) is 12.5. The smallest absolute Gasteiger partial charge is 0.191 e. The maximum atomic E-state index is 4.45. The molecule has 1 aromatic rings. The molecule has 1 aliphatic heterocycles. The molecule has 1 aromatic heterocycles. The van der Waals surface area contributed by atoms with Gasteiger partial charge in [0.1, 0.15) is 5.82 Å². The van der Waals surface area contributed by atoms with Crippen LogP contribution >= 0.6 is 24.0 Å². The van der Waals surface area contributed by atoms with E-state index in [-0.39, 0.29) is 24.0 Å². The summed E-state index contributed by atoms with van der Waals surface area (Å²) in [5.41, 5.74) is 0. The molecule has 0 saturated carbocycles. The van der Waals surface area contributed by atoms with Gasteiger partial charge in [-0.2, -0.15) is 0 Å². The molecule has 2 heterocycles. The van der Waals surface area contributed by atoms with E-state index in [1.165, 1.54) is 32.4 Å². The second-order valence-electron chi connectivity index (χ2n) is 7.48. The van der Waals surface area contributed by atoms with E-state index in [9.17, 15) is 0 Å². The number of nitrogens with zero attached hydrogens (tertiary/aromatic N) is 4. The Hall–Kier alpha value is -0.830. The van der Waals surface area contributed by atoms with Crippen molar-refractivity contribution in [2.45, 2.75) is 65.6 Å². The average molecular weight is 476 g/mol. The number of imidazole rings is 1. The average Bonchev–Trinajstić information content (AvgIpc) is 3.02. The zero-order valence-electron chi connectivity index (χ0n) is 16.9. The third-order valence-corrected chi connectivity index (χ3v) is 4.86. The number of likely N-dealkylation sites (tertiary alicyclic amines) is 1. The Balaban J connectivity index is 0.00000338. The molecular weight excluding hydrogens is 439 g/mol. The molecule has 1 unspecified atom stereocenters. The first-order valence-corrected chi connectivity index (χ1v) is 9.78. The van der Waals surface area contributed by atoms with Crippen LogP contribution in [0.5, 0.6) is 0 Å². The van der Waals surface area contributed by atoms with Gasteiger partial charge in [-0.15, -0.1) is 24.0 Å². The number of nitrogens with one attached hydrogen (secondary N) is 2. The van der Waals surface area contributed by atoms with E-state index in [1.807, 2.05) is 19.4 Å². The fourth-order valence-corrected chi connectivity index (χ4v) is 3.43. The van der Waals surface area contributed by atoms with Crippen LogP contribution in [-0.4, -0.2) is 53.1 Å². The van der Waals surface area contributed by atoms with Gasteiger partial charge in [0, 0.05) is 45.1 Å². The van der Waals surface area contributed by atoms with Crippen molar-refractivity contribution in [3.05, 3.63) is 18.2 Å². The summed E-state index contributed by atoms with van der Waals surface area (Å²) in [4.78, 5) is 11.4. The molecule has 7 heteroatoms. The highest BCUT2D eigenvalue weighted by Gasteiger charge is 2.17. The van der Waals surface area contributed by atoms with Crippen LogP contribution in [0.25, 0.3) is 0 Å². The fourth-order valence-electron chi connectivity index (χ4n) is 3.43. The summed E-state index contributed by atoms with van der Waals surface area (Å²) in [6.45, 7) is 11.9. The highest BCUT2D eigenvalue weighted by molar-refractivity contribution is 14.0. The fraction of sp³-hybridized carbons (Fsp3) is 0.789. The number of hydrogen-bond donors (Lipinski definition) is 2. The normalized spacial score (nSPS) is 18.7. The van der Waals surface area contributed by atoms with Gasteiger partial charge in [-0.25, -0.2) is 4.98 Å². The van der Waals surface area contributed by atoms with Crippen molar-refractivity contribution in [2.75, 3.05) is 26.7 Å². The van der Waals surface area contributed by atoms with Gasteiger partial charge in [0.2, 0.25) is 0 Å². The molecule has 0 aromatic carbocycles. The van der Waals surface area contributed by atoms with Gasteiger partial charge >= 0.3 is 0 Å². The number of piperidine rings is 1. The van der Waals surface area contributed by atoms with Crippen molar-refractivity contribution < 1.29 is 0 Å². The minimum absolute atomic E-state index is 0. The van der Waals surface area contributed by atoms with Gasteiger partial charge in [-0.1, -0.05) is 20.3 Å². The molecule has 0 amide bonds. The standard InChI is InChI=1S/C19H36N6.HI/c1-16(2)15-25-13-10-21-18(25)14-23-19(20-4)22-9-7-12-24-11-6-5-8-17(24)3;/h10,13,16-17H,5-9,11-12,14-15H2,1-4H3,(H2,20,22,23);1H. The first-order chi connectivity index (χ1) is 12.1. The third-order valence-electron chi connectivity index (χ3n) is 4.86. The predicted octanol–water partition coefficient (Wildman–Crippen LogP) is 3.09. The lowest BCUT2D eigenvalue weighted by atomic mass is 10.0. The Morgan fingerprint density at radius 2 is 2.15 bits per heavy atom. The lowest BCUT2D eigenvalue weighted by molar-refractivity contribution is 0.159. The summed E-state index contributed by atoms with van der Waals surface area (Å²) in [7, 11) is 1.82. The molecule has 0 bridgehead atoms. The maximum Gasteiger partial charge on any atom is 0.191 e. The van der Waals surface area contributed by atoms with Crippen LogP contribution in [0.1, 0.15) is 52.3 Å². The van der Waals surface area contributed by atoms with Gasteiger partial charge in [0.25, 0.3) is 0 Å². The molecule has 1 fully saturated rings. The van der Waals surface area contributed by atoms with Gasteiger partial charge < -0.3 is 20.1 Å². The van der Waals surface area contributed by atoms with Gasteiger partial charge in [-0.05, 0) is 38.6 Å². The van der Waals surface area contributed by atoms with Crippen LogP contribution in [0.4, 0.5) is 0 Å².